The second kappa shape index (κ2) is 5.82. The van der Waals surface area contributed by atoms with E-state index in [9.17, 15) is 8.42 Å². The minimum Gasteiger partial charge on any atom is -0.200 e. The third-order valence-electron chi connectivity index (χ3n) is 2.17. The summed E-state index contributed by atoms with van der Waals surface area (Å²) in [6.45, 7) is 7.49. The highest BCUT2D eigenvalue weighted by Crippen LogP contribution is 2.09. The van der Waals surface area contributed by atoms with Crippen molar-refractivity contribution in [1.82, 2.24) is 4.83 Å². The van der Waals surface area contributed by atoms with Gasteiger partial charge in [0.15, 0.2) is 0 Å². The quantitative estimate of drug-likeness (QED) is 0.672. The molecule has 18 heavy (non-hydrogen) atoms. The largest absolute Gasteiger partial charge is 0.276 e. The lowest BCUT2D eigenvalue weighted by Crippen LogP contribution is -2.19. The van der Waals surface area contributed by atoms with Crippen LogP contribution in [0.4, 0.5) is 0 Å². The SMILES string of the molecule is CC(C)=C/C(C)=N/NS(=O)(=O)c1ccc(C)cc1. The Kier molecular flexibility index (Phi) is 4.67. The maximum absolute atomic E-state index is 11.9. The standard InChI is InChI=1S/C13H18N2O2S/c1-10(2)9-12(4)14-15-18(16,17)13-7-5-11(3)6-8-13/h5-9,15H,1-4H3/b14-12+. The predicted molar refractivity (Wildman–Crippen MR) is 74.0 cm³/mol. The van der Waals surface area contributed by atoms with Gasteiger partial charge in [-0.25, -0.2) is 0 Å². The smallest absolute Gasteiger partial charge is 0.200 e. The second-order valence-corrected chi connectivity index (χ2v) is 6.04. The van der Waals surface area contributed by atoms with Crippen LogP contribution in [0.15, 0.2) is 45.9 Å². The minimum atomic E-state index is -3.57. The number of benzene rings is 1. The number of nitrogens with zero attached hydrogens (tertiary/aromatic N) is 1. The Balaban J connectivity index is 2.90. The van der Waals surface area contributed by atoms with E-state index in [-0.39, 0.29) is 4.90 Å². The van der Waals surface area contributed by atoms with E-state index in [2.05, 4.69) is 9.93 Å². The normalized spacial score (nSPS) is 12.1. The van der Waals surface area contributed by atoms with Crippen LogP contribution in [-0.2, 0) is 10.0 Å². The number of nitrogens with one attached hydrogen (secondary N) is 1. The number of allylic oxidation sites excluding steroid dienone is 2. The average molecular weight is 266 g/mol. The highest BCUT2D eigenvalue weighted by atomic mass is 32.2. The molecule has 1 aromatic carbocycles. The lowest BCUT2D eigenvalue weighted by atomic mass is 10.2. The number of hydrazone groups is 1. The minimum absolute atomic E-state index is 0.210. The molecule has 4 nitrogen and oxygen atoms in total. The van der Waals surface area contributed by atoms with Crippen LogP contribution in [0.2, 0.25) is 0 Å². The van der Waals surface area contributed by atoms with Crippen molar-refractivity contribution in [3.05, 3.63) is 41.5 Å². The van der Waals surface area contributed by atoms with Gasteiger partial charge < -0.3 is 0 Å². The van der Waals surface area contributed by atoms with Crippen molar-refractivity contribution in [3.8, 4) is 0 Å². The molecule has 1 aromatic rings. The topological polar surface area (TPSA) is 58.5 Å². The lowest BCUT2D eigenvalue weighted by Gasteiger charge is -2.04. The molecule has 0 spiro atoms. The summed E-state index contributed by atoms with van der Waals surface area (Å²) in [5, 5.41) is 3.84. The van der Waals surface area contributed by atoms with Gasteiger partial charge in [-0.2, -0.15) is 18.4 Å². The highest BCUT2D eigenvalue weighted by Gasteiger charge is 2.11. The maximum atomic E-state index is 11.9. The van der Waals surface area contributed by atoms with Crippen LogP contribution in [0, 0.1) is 6.92 Å². The summed E-state index contributed by atoms with van der Waals surface area (Å²) in [5.74, 6) is 0. The third-order valence-corrected chi connectivity index (χ3v) is 3.40. The fourth-order valence-electron chi connectivity index (χ4n) is 1.35. The molecule has 98 valence electrons. The molecular formula is C13H18N2O2S. The fourth-order valence-corrected chi connectivity index (χ4v) is 2.22. The van der Waals surface area contributed by atoms with E-state index in [4.69, 9.17) is 0 Å². The van der Waals surface area contributed by atoms with Gasteiger partial charge in [0.05, 0.1) is 10.6 Å². The molecule has 1 rings (SSSR count). The van der Waals surface area contributed by atoms with Crippen LogP contribution in [0.1, 0.15) is 26.3 Å². The van der Waals surface area contributed by atoms with Crippen LogP contribution >= 0.6 is 0 Å². The van der Waals surface area contributed by atoms with Crippen molar-refractivity contribution in [2.75, 3.05) is 0 Å². The number of hydrogen-bond donors (Lipinski definition) is 1. The van der Waals surface area contributed by atoms with Crippen LogP contribution in [-0.4, -0.2) is 14.1 Å². The van der Waals surface area contributed by atoms with Crippen LogP contribution in [0.25, 0.3) is 0 Å². The maximum Gasteiger partial charge on any atom is 0.276 e. The van der Waals surface area contributed by atoms with E-state index < -0.39 is 10.0 Å². The first kappa shape index (κ1) is 14.4. The summed E-state index contributed by atoms with van der Waals surface area (Å²) in [7, 11) is -3.57. The van der Waals surface area contributed by atoms with Gasteiger partial charge in [-0.15, -0.1) is 0 Å². The van der Waals surface area contributed by atoms with Crippen molar-refractivity contribution < 1.29 is 8.42 Å². The first-order valence-corrected chi connectivity index (χ1v) is 7.07. The van der Waals surface area contributed by atoms with Crippen LogP contribution in [0.5, 0.6) is 0 Å². The van der Waals surface area contributed by atoms with E-state index in [1.165, 1.54) is 0 Å². The summed E-state index contributed by atoms with van der Waals surface area (Å²) in [4.78, 5) is 2.43. The lowest BCUT2D eigenvalue weighted by molar-refractivity contribution is 0.584. The molecule has 0 radical (unpaired) electrons. The summed E-state index contributed by atoms with van der Waals surface area (Å²) < 4.78 is 23.8. The van der Waals surface area contributed by atoms with E-state index in [0.29, 0.717) is 5.71 Å². The number of sulfonamides is 1. The molecule has 0 saturated carbocycles. The first-order valence-electron chi connectivity index (χ1n) is 5.59. The Hall–Kier alpha value is -1.62. The van der Waals surface area contributed by atoms with E-state index in [1.807, 2.05) is 20.8 Å². The molecule has 0 aliphatic heterocycles. The van der Waals surface area contributed by atoms with Gasteiger partial charge in [0.2, 0.25) is 0 Å². The van der Waals surface area contributed by atoms with Gasteiger partial charge in [0.25, 0.3) is 10.0 Å². The molecule has 0 aromatic heterocycles. The predicted octanol–water partition coefficient (Wildman–Crippen LogP) is 2.62. The van der Waals surface area contributed by atoms with E-state index in [1.54, 1.807) is 37.3 Å². The molecule has 0 saturated heterocycles. The number of aryl methyl sites for hydroxylation is 1. The van der Waals surface area contributed by atoms with Crippen molar-refractivity contribution >= 4 is 15.7 Å². The van der Waals surface area contributed by atoms with Crippen molar-refractivity contribution in [2.24, 2.45) is 5.10 Å². The molecule has 0 fully saturated rings. The first-order chi connectivity index (χ1) is 8.31. The average Bonchev–Trinajstić information content (AvgIpc) is 2.26. The zero-order valence-electron chi connectivity index (χ0n) is 11.1. The summed E-state index contributed by atoms with van der Waals surface area (Å²) in [6, 6.07) is 6.62. The molecule has 0 atom stereocenters. The molecule has 0 amide bonds. The Morgan fingerprint density at radius 2 is 1.72 bits per heavy atom. The van der Waals surface area contributed by atoms with E-state index in [0.717, 1.165) is 11.1 Å². The Morgan fingerprint density at radius 3 is 2.22 bits per heavy atom. The van der Waals surface area contributed by atoms with Crippen LogP contribution in [0.3, 0.4) is 0 Å². The fraction of sp³-hybridized carbons (Fsp3) is 0.308. The summed E-state index contributed by atoms with van der Waals surface area (Å²) in [5.41, 5.74) is 2.69. The van der Waals surface area contributed by atoms with Gasteiger partial charge in [0, 0.05) is 0 Å². The molecule has 0 aliphatic carbocycles. The number of hydrogen-bond acceptors (Lipinski definition) is 3. The molecule has 0 unspecified atom stereocenters. The molecule has 0 bridgehead atoms. The summed E-state index contributed by atoms with van der Waals surface area (Å²) >= 11 is 0. The Labute approximate surface area is 108 Å². The zero-order valence-corrected chi connectivity index (χ0v) is 11.9. The van der Waals surface area contributed by atoms with Gasteiger partial charge in [0.1, 0.15) is 0 Å². The molecule has 5 heteroatoms. The van der Waals surface area contributed by atoms with Crippen molar-refractivity contribution in [3.63, 3.8) is 0 Å². The van der Waals surface area contributed by atoms with Gasteiger partial charge in [-0.05, 0) is 45.9 Å². The molecule has 0 aliphatic rings. The second-order valence-electron chi connectivity index (χ2n) is 4.38. The van der Waals surface area contributed by atoms with Crippen molar-refractivity contribution in [2.45, 2.75) is 32.6 Å². The van der Waals surface area contributed by atoms with Crippen LogP contribution < -0.4 is 4.83 Å². The summed E-state index contributed by atoms with van der Waals surface area (Å²) in [6.07, 6.45) is 1.80. The van der Waals surface area contributed by atoms with Crippen molar-refractivity contribution in [1.29, 1.82) is 0 Å². The number of rotatable bonds is 4. The zero-order chi connectivity index (χ0) is 13.8. The monoisotopic (exact) mass is 266 g/mol. The third kappa shape index (κ3) is 4.33. The molecule has 0 heterocycles. The van der Waals surface area contributed by atoms with Gasteiger partial charge in [-0.3, -0.25) is 0 Å². The molecule has 1 N–H and O–H groups in total. The highest BCUT2D eigenvalue weighted by molar-refractivity contribution is 7.89. The molecular weight excluding hydrogens is 248 g/mol. The van der Waals surface area contributed by atoms with Gasteiger partial charge in [-0.1, -0.05) is 23.3 Å². The van der Waals surface area contributed by atoms with Gasteiger partial charge >= 0.3 is 0 Å². The Morgan fingerprint density at radius 1 is 1.17 bits per heavy atom. The van der Waals surface area contributed by atoms with E-state index >= 15 is 0 Å². The Bertz CT molecular complexity index is 566.